The number of guanidine groups is 1. The van der Waals surface area contributed by atoms with Gasteiger partial charge in [0.25, 0.3) is 0 Å². The Morgan fingerprint density at radius 3 is 2.32 bits per heavy atom. The molecule has 1 saturated heterocycles. The Hall–Kier alpha value is -4.16. The molecule has 7 N–H and O–H groups in total. The molecule has 0 saturated carbocycles. The maximum Gasteiger partial charge on any atom is 0.247 e. The number of carbonyl (C=O) groups excluding carboxylic acids is 5. The molecule has 1 fully saturated rings. The van der Waals surface area contributed by atoms with Crippen molar-refractivity contribution in [3.63, 3.8) is 0 Å². The second-order valence-electron chi connectivity index (χ2n) is 10.7. The smallest absolute Gasteiger partial charge is 0.247 e. The fraction of sp³-hybridized carbons (Fsp3) is 0.571. The fourth-order valence-electron chi connectivity index (χ4n) is 4.44. The van der Waals surface area contributed by atoms with Gasteiger partial charge in [0.05, 0.1) is 6.54 Å². The minimum absolute atomic E-state index is 0.0292. The third-order valence-corrected chi connectivity index (χ3v) is 7.09. The van der Waals surface area contributed by atoms with Crippen molar-refractivity contribution in [2.75, 3.05) is 26.2 Å². The first-order valence-electron chi connectivity index (χ1n) is 14.1. The molecule has 1 aromatic rings. The number of rotatable bonds is 7. The maximum atomic E-state index is 13.7. The molecule has 0 bridgehead atoms. The van der Waals surface area contributed by atoms with E-state index in [-0.39, 0.29) is 31.7 Å². The summed E-state index contributed by atoms with van der Waals surface area (Å²) in [4.78, 5) is 70.6. The summed E-state index contributed by atoms with van der Waals surface area (Å²) in [5, 5.41) is 20.1. The molecule has 1 aromatic carbocycles. The molecule has 13 heteroatoms. The van der Waals surface area contributed by atoms with Crippen LogP contribution in [0.3, 0.4) is 0 Å². The molecule has 5 amide bonds. The molecule has 0 radical (unpaired) electrons. The summed E-state index contributed by atoms with van der Waals surface area (Å²) in [6.07, 6.45) is 0.486. The zero-order chi connectivity index (χ0) is 30.0. The second-order valence-corrected chi connectivity index (χ2v) is 10.7. The van der Waals surface area contributed by atoms with Crippen molar-refractivity contribution >= 4 is 35.5 Å². The molecule has 41 heavy (non-hydrogen) atoms. The molecule has 4 atom stereocenters. The van der Waals surface area contributed by atoms with Crippen molar-refractivity contribution in [2.24, 2.45) is 10.9 Å². The Bertz CT molecular complexity index is 1140. The molecule has 13 nitrogen and oxygen atoms in total. The van der Waals surface area contributed by atoms with Crippen molar-refractivity contribution in [3.8, 4) is 0 Å². The number of amides is 5. The van der Waals surface area contributed by atoms with Crippen LogP contribution in [0.25, 0.3) is 0 Å². The van der Waals surface area contributed by atoms with Crippen molar-refractivity contribution in [1.82, 2.24) is 37.2 Å². The molecular weight excluding hydrogens is 528 g/mol. The van der Waals surface area contributed by atoms with Crippen LogP contribution in [0.4, 0.5) is 0 Å². The monoisotopic (exact) mass is 570 g/mol. The predicted octanol–water partition coefficient (Wildman–Crippen LogP) is -0.787. The normalized spacial score (nSPS) is 26.0. The van der Waals surface area contributed by atoms with Crippen LogP contribution in [0.1, 0.15) is 58.6 Å². The van der Waals surface area contributed by atoms with Crippen molar-refractivity contribution in [3.05, 3.63) is 35.9 Å². The molecule has 0 spiro atoms. The van der Waals surface area contributed by atoms with Gasteiger partial charge in [0.1, 0.15) is 23.7 Å². The number of aliphatic imine (C=N–C) groups is 1. The molecule has 3 rings (SSSR count). The minimum atomic E-state index is -1.43. The van der Waals surface area contributed by atoms with Crippen LogP contribution >= 0.6 is 0 Å². The highest BCUT2D eigenvalue weighted by atomic mass is 16.2. The summed E-state index contributed by atoms with van der Waals surface area (Å²) in [6.45, 7) is 8.42. The number of carbonyl (C=O) groups is 5. The van der Waals surface area contributed by atoms with Gasteiger partial charge in [-0.15, -0.1) is 0 Å². The van der Waals surface area contributed by atoms with E-state index >= 15 is 0 Å². The number of hydrogen-bond donors (Lipinski definition) is 7. The van der Waals surface area contributed by atoms with E-state index in [1.807, 2.05) is 0 Å². The van der Waals surface area contributed by atoms with Gasteiger partial charge < -0.3 is 37.2 Å². The Balaban J connectivity index is 1.91. The van der Waals surface area contributed by atoms with Gasteiger partial charge in [0.15, 0.2) is 5.96 Å². The quantitative estimate of drug-likeness (QED) is 0.224. The lowest BCUT2D eigenvalue weighted by Gasteiger charge is -2.33. The topological polar surface area (TPSA) is 182 Å². The zero-order valence-corrected chi connectivity index (χ0v) is 24.1. The van der Waals surface area contributed by atoms with Gasteiger partial charge in [-0.1, -0.05) is 51.1 Å². The molecular formula is C28H42N8O5. The zero-order valence-electron chi connectivity index (χ0n) is 24.1. The lowest BCUT2D eigenvalue weighted by Crippen LogP contribution is -2.63. The lowest BCUT2D eigenvalue weighted by molar-refractivity contribution is -0.138. The van der Waals surface area contributed by atoms with E-state index in [1.165, 1.54) is 0 Å². The van der Waals surface area contributed by atoms with E-state index < -0.39 is 53.2 Å². The van der Waals surface area contributed by atoms with E-state index in [0.717, 1.165) is 0 Å². The van der Waals surface area contributed by atoms with Gasteiger partial charge in [-0.3, -0.25) is 29.0 Å². The summed E-state index contributed by atoms with van der Waals surface area (Å²) in [6, 6.07) is 5.76. The van der Waals surface area contributed by atoms with Gasteiger partial charge >= 0.3 is 0 Å². The summed E-state index contributed by atoms with van der Waals surface area (Å²) < 4.78 is 0. The van der Waals surface area contributed by atoms with Gasteiger partial charge in [-0.2, -0.15) is 0 Å². The van der Waals surface area contributed by atoms with Crippen molar-refractivity contribution in [2.45, 2.75) is 70.6 Å². The van der Waals surface area contributed by atoms with Crippen LogP contribution in [0.15, 0.2) is 35.3 Å². The number of nitrogens with zero attached hydrogens (tertiary/aromatic N) is 1. The highest BCUT2D eigenvalue weighted by molar-refractivity contribution is 5.97. The summed E-state index contributed by atoms with van der Waals surface area (Å²) in [7, 11) is 0. The van der Waals surface area contributed by atoms with Crippen LogP contribution in [0, 0.1) is 5.92 Å². The average molecular weight is 571 g/mol. The van der Waals surface area contributed by atoms with Crippen LogP contribution in [-0.4, -0.2) is 79.3 Å². The summed E-state index contributed by atoms with van der Waals surface area (Å²) in [5.74, 6) is -2.26. The third kappa shape index (κ3) is 8.66. The largest absolute Gasteiger partial charge is 0.356 e. The minimum Gasteiger partial charge on any atom is -0.356 e. The molecule has 2 aliphatic heterocycles. The van der Waals surface area contributed by atoms with Gasteiger partial charge in [-0.25, -0.2) is 0 Å². The third-order valence-electron chi connectivity index (χ3n) is 7.09. The molecule has 0 aromatic heterocycles. The van der Waals surface area contributed by atoms with Gasteiger partial charge in [-0.05, 0) is 31.7 Å². The SMILES string of the molecule is CC[C@@H]1NC(=O)[C@H](CCNC2=NCCN2)NC(=O)[C@](C)(NC(=O)C(C)C)CCNC(=O)[C@@H](c2ccccc2)NC1=O. The molecule has 224 valence electrons. The first-order valence-corrected chi connectivity index (χ1v) is 14.1. The second kappa shape index (κ2) is 14.5. The Morgan fingerprint density at radius 1 is 0.976 bits per heavy atom. The highest BCUT2D eigenvalue weighted by Crippen LogP contribution is 2.16. The van der Waals surface area contributed by atoms with E-state index in [4.69, 9.17) is 0 Å². The standard InChI is InChI=1S/C28H42N8O5/c1-5-19-23(38)35-21(18-9-7-6-8-10-18)25(40)29-14-12-28(4,36-22(37)17(2)3)26(41)34-20(24(39)33-19)11-13-30-27-31-15-16-32-27/h6-10,17,19-21H,5,11-16H2,1-4H3,(H,29,40)(H,33,39)(H,34,41)(H,35,38)(H,36,37)(H2,30,31,32)/t19-,20-,21+,28+/m0/s1. The van der Waals surface area contributed by atoms with Gasteiger partial charge in [0, 0.05) is 25.6 Å². The average Bonchev–Trinajstić information content (AvgIpc) is 3.47. The highest BCUT2D eigenvalue weighted by Gasteiger charge is 2.39. The molecule has 0 aliphatic carbocycles. The predicted molar refractivity (Wildman–Crippen MR) is 153 cm³/mol. The molecule has 2 heterocycles. The fourth-order valence-corrected chi connectivity index (χ4v) is 4.44. The Labute approximate surface area is 240 Å². The van der Waals surface area contributed by atoms with E-state index in [1.54, 1.807) is 58.0 Å². The van der Waals surface area contributed by atoms with Crippen LogP contribution in [0.5, 0.6) is 0 Å². The first-order chi connectivity index (χ1) is 19.5. The van der Waals surface area contributed by atoms with E-state index in [9.17, 15) is 24.0 Å². The summed E-state index contributed by atoms with van der Waals surface area (Å²) in [5.41, 5.74) is -0.870. The Kier molecular flexibility index (Phi) is 11.1. The maximum absolute atomic E-state index is 13.7. The van der Waals surface area contributed by atoms with Crippen molar-refractivity contribution < 1.29 is 24.0 Å². The number of nitrogens with one attached hydrogen (secondary N) is 7. The molecule has 0 unspecified atom stereocenters. The van der Waals surface area contributed by atoms with Crippen LogP contribution in [0.2, 0.25) is 0 Å². The first kappa shape index (κ1) is 31.4. The van der Waals surface area contributed by atoms with E-state index in [0.29, 0.717) is 31.2 Å². The lowest BCUT2D eigenvalue weighted by atomic mass is 9.94. The van der Waals surface area contributed by atoms with Crippen LogP contribution < -0.4 is 37.2 Å². The number of hydrogen-bond acceptors (Lipinski definition) is 8. The molecule has 2 aliphatic rings. The van der Waals surface area contributed by atoms with E-state index in [2.05, 4.69) is 42.2 Å². The number of benzene rings is 1. The van der Waals surface area contributed by atoms with Gasteiger partial charge in [0.2, 0.25) is 29.5 Å². The van der Waals surface area contributed by atoms with Crippen LogP contribution in [-0.2, 0) is 24.0 Å². The summed E-state index contributed by atoms with van der Waals surface area (Å²) >= 11 is 0. The van der Waals surface area contributed by atoms with Crippen molar-refractivity contribution in [1.29, 1.82) is 0 Å². The Morgan fingerprint density at radius 2 is 1.68 bits per heavy atom.